The maximum atomic E-state index is 7.94. The maximum absolute atomic E-state index is 7.94. The van der Waals surface area contributed by atoms with Gasteiger partial charge in [-0.25, -0.2) is 0 Å². The van der Waals surface area contributed by atoms with Crippen molar-refractivity contribution in [2.45, 2.75) is 47.1 Å². The smallest absolute Gasteiger partial charge is 0.0588 e. The molecule has 4 atom stereocenters. The Bertz CT molecular complexity index is 504. The number of aliphatic imine (C=N–C) groups is 1. The molecule has 0 aromatic carbocycles. The van der Waals surface area contributed by atoms with Gasteiger partial charge in [0.25, 0.3) is 0 Å². The summed E-state index contributed by atoms with van der Waals surface area (Å²) < 4.78 is 0. The predicted molar refractivity (Wildman–Crippen MR) is 86.3 cm³/mol. The summed E-state index contributed by atoms with van der Waals surface area (Å²) in [5.74, 6) is 0. The molecule has 1 unspecified atom stereocenters. The van der Waals surface area contributed by atoms with Gasteiger partial charge >= 0.3 is 0 Å². The first kappa shape index (κ1) is 15.0. The molecule has 0 bridgehead atoms. The van der Waals surface area contributed by atoms with E-state index in [4.69, 9.17) is 10.4 Å². The molecule has 0 saturated heterocycles. The average molecular weight is 273 g/mol. The minimum atomic E-state index is -0.140. The summed E-state index contributed by atoms with van der Waals surface area (Å²) in [4.78, 5) is 6.89. The normalized spacial score (nSPS) is 42.2. The molecule has 1 N–H and O–H groups in total. The lowest BCUT2D eigenvalue weighted by molar-refractivity contribution is -0.0141. The van der Waals surface area contributed by atoms with Crippen molar-refractivity contribution in [3.8, 4) is 0 Å². The van der Waals surface area contributed by atoms with Crippen LogP contribution in [-0.2, 0) is 0 Å². The van der Waals surface area contributed by atoms with Crippen LogP contribution in [0.3, 0.4) is 0 Å². The van der Waals surface area contributed by atoms with Crippen LogP contribution in [0.5, 0.6) is 0 Å². The molecule has 2 aliphatic rings. The first-order valence-electron chi connectivity index (χ1n) is 7.44. The molecule has 0 saturated carbocycles. The SMILES string of the molecule is CCC(C)(C=N)[C@]1(C)C=C2N(C)/C=C/C=N\[C@@H](C)[C@@]21C. The molecule has 0 amide bonds. The molecule has 1 heterocycles. The van der Waals surface area contributed by atoms with E-state index in [1.807, 2.05) is 12.3 Å². The molecular formula is C17H27N3. The molecule has 110 valence electrons. The fourth-order valence-electron chi connectivity index (χ4n) is 3.83. The lowest BCUT2D eigenvalue weighted by atomic mass is 9.42. The van der Waals surface area contributed by atoms with Crippen LogP contribution in [0.4, 0.5) is 0 Å². The number of fused-ring (bicyclic) bond motifs is 1. The van der Waals surface area contributed by atoms with Crippen molar-refractivity contribution in [1.82, 2.24) is 4.90 Å². The Balaban J connectivity index is 2.60. The van der Waals surface area contributed by atoms with Crippen molar-refractivity contribution in [2.75, 3.05) is 7.05 Å². The summed E-state index contributed by atoms with van der Waals surface area (Å²) in [6.45, 7) is 11.2. The molecule has 0 aromatic rings. The molecule has 0 aromatic heterocycles. The van der Waals surface area contributed by atoms with E-state index >= 15 is 0 Å². The van der Waals surface area contributed by atoms with Crippen molar-refractivity contribution in [1.29, 1.82) is 5.41 Å². The van der Waals surface area contributed by atoms with Crippen molar-refractivity contribution in [3.63, 3.8) is 0 Å². The second-order valence-corrected chi connectivity index (χ2v) is 6.78. The van der Waals surface area contributed by atoms with Gasteiger partial charge in [0.2, 0.25) is 0 Å². The number of hydrogen-bond donors (Lipinski definition) is 1. The average Bonchev–Trinajstić information content (AvgIpc) is 2.45. The van der Waals surface area contributed by atoms with Crippen LogP contribution in [-0.4, -0.2) is 30.4 Å². The third-order valence-corrected chi connectivity index (χ3v) is 6.20. The van der Waals surface area contributed by atoms with Gasteiger partial charge in [-0.3, -0.25) is 4.99 Å². The van der Waals surface area contributed by atoms with Crippen LogP contribution in [0.25, 0.3) is 0 Å². The molecule has 1 aliphatic heterocycles. The number of hydrogen-bond acceptors (Lipinski definition) is 3. The molecule has 0 fully saturated rings. The highest BCUT2D eigenvalue weighted by Gasteiger charge is 2.64. The van der Waals surface area contributed by atoms with Crippen LogP contribution < -0.4 is 0 Å². The topological polar surface area (TPSA) is 39.5 Å². The van der Waals surface area contributed by atoms with Crippen LogP contribution in [0.15, 0.2) is 29.0 Å². The van der Waals surface area contributed by atoms with Gasteiger partial charge in [-0.2, -0.15) is 0 Å². The van der Waals surface area contributed by atoms with Crippen LogP contribution in [0.1, 0.15) is 41.0 Å². The molecule has 0 spiro atoms. The Hall–Kier alpha value is -1.38. The third kappa shape index (κ3) is 1.58. The van der Waals surface area contributed by atoms with E-state index < -0.39 is 0 Å². The number of rotatable bonds is 3. The van der Waals surface area contributed by atoms with Gasteiger partial charge in [-0.15, -0.1) is 0 Å². The zero-order valence-electron chi connectivity index (χ0n) is 13.6. The number of nitrogens with zero attached hydrogens (tertiary/aromatic N) is 2. The van der Waals surface area contributed by atoms with E-state index in [0.717, 1.165) is 6.42 Å². The molecule has 3 nitrogen and oxygen atoms in total. The Morgan fingerprint density at radius 3 is 2.70 bits per heavy atom. The molecule has 3 heteroatoms. The van der Waals surface area contributed by atoms with Crippen molar-refractivity contribution >= 4 is 12.4 Å². The summed E-state index contributed by atoms with van der Waals surface area (Å²) in [5, 5.41) is 7.94. The summed E-state index contributed by atoms with van der Waals surface area (Å²) in [5.41, 5.74) is 1.08. The monoisotopic (exact) mass is 273 g/mol. The highest BCUT2D eigenvalue weighted by molar-refractivity contribution is 5.72. The van der Waals surface area contributed by atoms with Gasteiger partial charge in [0.15, 0.2) is 0 Å². The largest absolute Gasteiger partial charge is 0.354 e. The molecule has 2 rings (SSSR count). The fraction of sp³-hybridized carbons (Fsp3) is 0.647. The first-order chi connectivity index (χ1) is 9.27. The van der Waals surface area contributed by atoms with E-state index in [0.29, 0.717) is 0 Å². The standard InChI is InChI=1S/C17H27N3/c1-7-15(3,12-18)16(4)11-14-17(16,5)13(2)19-9-8-10-20(14)6/h8-13,18H,7H2,1-6H3/b10-8+,18-12?,19-9-/t13-,15?,16-,17-/m0/s1. The quantitative estimate of drug-likeness (QED) is 0.779. The summed E-state index contributed by atoms with van der Waals surface area (Å²) in [6, 6.07) is 0.200. The van der Waals surface area contributed by atoms with Gasteiger partial charge in [0.1, 0.15) is 0 Å². The van der Waals surface area contributed by atoms with Crippen molar-refractivity contribution in [2.24, 2.45) is 21.2 Å². The maximum Gasteiger partial charge on any atom is 0.0588 e. The fourth-order valence-corrected chi connectivity index (χ4v) is 3.83. The van der Waals surface area contributed by atoms with E-state index in [2.05, 4.69) is 58.8 Å². The van der Waals surface area contributed by atoms with Crippen LogP contribution in [0, 0.1) is 21.7 Å². The summed E-state index contributed by atoms with van der Waals surface area (Å²) >= 11 is 0. The van der Waals surface area contributed by atoms with E-state index in [-0.39, 0.29) is 22.3 Å². The van der Waals surface area contributed by atoms with Crippen molar-refractivity contribution in [3.05, 3.63) is 24.0 Å². The van der Waals surface area contributed by atoms with Gasteiger partial charge in [-0.05, 0) is 19.4 Å². The van der Waals surface area contributed by atoms with Gasteiger partial charge in [0.05, 0.1) is 6.04 Å². The Morgan fingerprint density at radius 1 is 1.50 bits per heavy atom. The first-order valence-corrected chi connectivity index (χ1v) is 7.44. The summed E-state index contributed by atoms with van der Waals surface area (Å²) in [6.07, 6.45) is 10.9. The minimum Gasteiger partial charge on any atom is -0.354 e. The lowest BCUT2D eigenvalue weighted by Crippen LogP contribution is -2.62. The number of nitrogens with one attached hydrogen (secondary N) is 1. The van der Waals surface area contributed by atoms with Gasteiger partial charge < -0.3 is 10.3 Å². The zero-order valence-corrected chi connectivity index (χ0v) is 13.6. The van der Waals surface area contributed by atoms with Crippen LogP contribution in [0.2, 0.25) is 0 Å². The zero-order chi connectivity index (χ0) is 15.2. The third-order valence-electron chi connectivity index (χ3n) is 6.20. The molecular weight excluding hydrogens is 246 g/mol. The van der Waals surface area contributed by atoms with E-state index in [1.54, 1.807) is 6.21 Å². The second kappa shape index (κ2) is 4.57. The van der Waals surface area contributed by atoms with Crippen LogP contribution >= 0.6 is 0 Å². The van der Waals surface area contributed by atoms with Gasteiger partial charge in [-0.1, -0.05) is 33.8 Å². The van der Waals surface area contributed by atoms with Gasteiger partial charge in [0, 0.05) is 47.6 Å². The summed E-state index contributed by atoms with van der Waals surface area (Å²) in [7, 11) is 2.10. The predicted octanol–water partition coefficient (Wildman–Crippen LogP) is 3.88. The number of allylic oxidation sites excluding steroid dienone is 2. The Morgan fingerprint density at radius 2 is 2.15 bits per heavy atom. The van der Waals surface area contributed by atoms with E-state index in [1.165, 1.54) is 5.70 Å². The Labute approximate surface area is 123 Å². The highest BCUT2D eigenvalue weighted by atomic mass is 15.1. The molecule has 0 radical (unpaired) electrons. The minimum absolute atomic E-state index is 0.0503. The highest BCUT2D eigenvalue weighted by Crippen LogP contribution is 2.66. The van der Waals surface area contributed by atoms with E-state index in [9.17, 15) is 0 Å². The lowest BCUT2D eigenvalue weighted by Gasteiger charge is -2.64. The molecule has 1 aliphatic carbocycles. The Kier molecular flexibility index (Phi) is 3.43. The van der Waals surface area contributed by atoms with Crippen molar-refractivity contribution < 1.29 is 0 Å². The molecule has 20 heavy (non-hydrogen) atoms. The second-order valence-electron chi connectivity index (χ2n) is 6.78.